The number of hydrogen-bond acceptors (Lipinski definition) is 2. The monoisotopic (exact) mass is 260 g/mol. The molecule has 2 nitrogen and oxygen atoms in total. The third-order valence-corrected chi connectivity index (χ3v) is 4.57. The van der Waals surface area contributed by atoms with Crippen LogP contribution in [0.15, 0.2) is 0 Å². The van der Waals surface area contributed by atoms with Gasteiger partial charge in [-0.25, -0.2) is 0 Å². The minimum absolute atomic E-state index is 0.0556. The number of hydrogen-bond donors (Lipinski definition) is 0. The molecule has 0 bridgehead atoms. The van der Waals surface area contributed by atoms with Crippen molar-refractivity contribution in [3.05, 3.63) is 0 Å². The Bertz CT molecular complexity index is 182. The fourth-order valence-electron chi connectivity index (χ4n) is 1.60. The van der Waals surface area contributed by atoms with Gasteiger partial charge in [0.05, 0.1) is 0 Å². The fraction of sp³-hybridized carbons (Fsp3) is 0.909. The van der Waals surface area contributed by atoms with E-state index >= 15 is 0 Å². The molecule has 0 aromatic carbocycles. The van der Waals surface area contributed by atoms with Crippen LogP contribution in [0.2, 0.25) is 4.71 Å². The van der Waals surface area contributed by atoms with Crippen molar-refractivity contribution in [1.29, 1.82) is 0 Å². The van der Waals surface area contributed by atoms with Gasteiger partial charge in [0.1, 0.15) is 0 Å². The number of esters is 1. The summed E-state index contributed by atoms with van der Waals surface area (Å²) in [5, 5.41) is 0. The van der Waals surface area contributed by atoms with Crippen LogP contribution in [-0.2, 0) is 9.53 Å². The maximum absolute atomic E-state index is 10.8. The third-order valence-electron chi connectivity index (χ3n) is 3.01. The van der Waals surface area contributed by atoms with E-state index < -0.39 is 0 Å². The summed E-state index contributed by atoms with van der Waals surface area (Å²) in [5.41, 5.74) is 0. The van der Waals surface area contributed by atoms with Gasteiger partial charge in [-0.15, -0.1) is 0 Å². The Morgan fingerprint density at radius 1 is 1.43 bits per heavy atom. The Balaban J connectivity index is 0.000000159. The molecule has 0 radical (unpaired) electrons. The first kappa shape index (κ1) is 12.1. The Kier molecular flexibility index (Phi) is 5.01. The molecule has 0 heterocycles. The molecule has 2 fully saturated rings. The molecular formula is C11H21AsO2. The zero-order valence-corrected chi connectivity index (χ0v) is 11.6. The van der Waals surface area contributed by atoms with Crippen LogP contribution < -0.4 is 0 Å². The average Bonchev–Trinajstić information content (AvgIpc) is 2.73. The molecule has 0 aromatic rings. The molecule has 0 N–H and O–H groups in total. The zero-order valence-electron chi connectivity index (χ0n) is 9.16. The molecular weight excluding hydrogens is 239 g/mol. The van der Waals surface area contributed by atoms with E-state index in [0.29, 0.717) is 6.61 Å². The van der Waals surface area contributed by atoms with Crippen LogP contribution in [0, 0.1) is 11.8 Å². The van der Waals surface area contributed by atoms with Gasteiger partial charge in [-0.3, -0.25) is 0 Å². The Morgan fingerprint density at radius 2 is 2.00 bits per heavy atom. The van der Waals surface area contributed by atoms with Gasteiger partial charge in [0.15, 0.2) is 0 Å². The van der Waals surface area contributed by atoms with E-state index in [0.717, 1.165) is 6.42 Å². The summed E-state index contributed by atoms with van der Waals surface area (Å²) in [5.74, 6) is 2.41. The molecule has 4 atom stereocenters. The minimum atomic E-state index is -0.0556. The molecule has 0 aliphatic heterocycles. The van der Waals surface area contributed by atoms with Crippen LogP contribution in [0.5, 0.6) is 0 Å². The summed E-state index contributed by atoms with van der Waals surface area (Å²) in [6.45, 7) is 4.32. The van der Waals surface area contributed by atoms with Crippen molar-refractivity contribution < 1.29 is 9.53 Å². The van der Waals surface area contributed by atoms with E-state index in [1.54, 1.807) is 19.3 Å². The average molecular weight is 260 g/mol. The summed E-state index contributed by atoms with van der Waals surface area (Å²) in [7, 11) is 0. The van der Waals surface area contributed by atoms with Crippen molar-refractivity contribution in [1.82, 2.24) is 0 Å². The van der Waals surface area contributed by atoms with Crippen molar-refractivity contribution in [2.24, 2.45) is 11.8 Å². The van der Waals surface area contributed by atoms with Crippen LogP contribution >= 0.6 is 0 Å². The van der Waals surface area contributed by atoms with Gasteiger partial charge < -0.3 is 0 Å². The summed E-state index contributed by atoms with van der Waals surface area (Å²) < 4.78 is 4.89. The molecule has 4 unspecified atom stereocenters. The predicted octanol–water partition coefficient (Wildman–Crippen LogP) is 1.80. The number of fused-ring (bicyclic) bond motifs is 1. The number of rotatable bonds is 3. The quantitative estimate of drug-likeness (QED) is 0.571. The first-order valence-electron chi connectivity index (χ1n) is 5.61. The molecule has 2 aliphatic rings. The van der Waals surface area contributed by atoms with Crippen molar-refractivity contribution in [2.45, 2.75) is 44.2 Å². The zero-order chi connectivity index (χ0) is 10.6. The van der Waals surface area contributed by atoms with Gasteiger partial charge in [0.25, 0.3) is 0 Å². The fourth-order valence-corrected chi connectivity index (χ4v) is 1.80. The van der Waals surface area contributed by atoms with Crippen molar-refractivity contribution in [2.75, 3.05) is 6.61 Å². The van der Waals surface area contributed by atoms with Gasteiger partial charge in [-0.2, -0.15) is 0 Å². The molecule has 82 valence electrons. The van der Waals surface area contributed by atoms with Gasteiger partial charge in [0.2, 0.25) is 0 Å². The standard InChI is InChI=1S/C6H13AsO2.C5H8/c1-3-5(7)6(8)9-4-2;1-2-5-3-4(1)5/h5H,3-4,7H2,1-2H3;4-5H,1-3H2. The summed E-state index contributed by atoms with van der Waals surface area (Å²) in [4.78, 5) is 10.8. The van der Waals surface area contributed by atoms with Crippen LogP contribution in [0.3, 0.4) is 0 Å². The molecule has 3 heteroatoms. The van der Waals surface area contributed by atoms with Crippen LogP contribution in [0.1, 0.15) is 39.5 Å². The van der Waals surface area contributed by atoms with E-state index in [-0.39, 0.29) is 10.7 Å². The molecule has 0 saturated heterocycles. The maximum atomic E-state index is 10.8. The molecule has 0 amide bonds. The van der Waals surface area contributed by atoms with E-state index in [4.69, 9.17) is 4.74 Å². The predicted molar refractivity (Wildman–Crippen MR) is 60.0 cm³/mol. The number of ether oxygens (including phenoxy) is 1. The van der Waals surface area contributed by atoms with Crippen LogP contribution in [0.4, 0.5) is 0 Å². The molecule has 14 heavy (non-hydrogen) atoms. The first-order valence-corrected chi connectivity index (χ1v) is 7.01. The molecule has 0 aromatic heterocycles. The van der Waals surface area contributed by atoms with Gasteiger partial charge in [-0.1, -0.05) is 0 Å². The van der Waals surface area contributed by atoms with Crippen molar-refractivity contribution >= 4 is 22.8 Å². The van der Waals surface area contributed by atoms with Crippen LogP contribution in [-0.4, -0.2) is 29.4 Å². The third kappa shape index (κ3) is 3.65. The molecule has 0 spiro atoms. The van der Waals surface area contributed by atoms with E-state index in [9.17, 15) is 4.79 Å². The summed E-state index contributed by atoms with van der Waals surface area (Å²) >= 11 is 1.44. The SMILES string of the molecule is C1CC2CC12.CCOC(=O)C([AsH2])CC. The number of carbonyl (C=O) groups excluding carboxylic acids is 1. The molecule has 2 rings (SSSR count). The van der Waals surface area contributed by atoms with Crippen LogP contribution in [0.25, 0.3) is 0 Å². The molecule has 2 aliphatic carbocycles. The molecule has 2 saturated carbocycles. The Labute approximate surface area is 95.3 Å². The van der Waals surface area contributed by atoms with Gasteiger partial charge in [-0.05, 0) is 31.1 Å². The van der Waals surface area contributed by atoms with E-state index in [1.807, 2.05) is 13.8 Å². The second-order valence-electron chi connectivity index (χ2n) is 4.10. The summed E-state index contributed by atoms with van der Waals surface area (Å²) in [6.07, 6.45) is 5.59. The normalized spacial score (nSPS) is 28.8. The van der Waals surface area contributed by atoms with Gasteiger partial charge in [0, 0.05) is 0 Å². The second kappa shape index (κ2) is 5.80. The van der Waals surface area contributed by atoms with Gasteiger partial charge >= 0.3 is 63.9 Å². The van der Waals surface area contributed by atoms with E-state index in [2.05, 4.69) is 0 Å². The Morgan fingerprint density at radius 3 is 2.21 bits per heavy atom. The summed E-state index contributed by atoms with van der Waals surface area (Å²) in [6, 6.07) is 0. The van der Waals surface area contributed by atoms with Crippen molar-refractivity contribution in [3.63, 3.8) is 0 Å². The van der Waals surface area contributed by atoms with Crippen molar-refractivity contribution in [3.8, 4) is 0 Å². The Hall–Kier alpha value is 0.0284. The first-order chi connectivity index (χ1) is 6.69. The second-order valence-corrected chi connectivity index (χ2v) is 5.79. The van der Waals surface area contributed by atoms with E-state index in [1.165, 1.54) is 28.7 Å². The topological polar surface area (TPSA) is 26.3 Å². The number of carbonyl (C=O) groups is 1.